The van der Waals surface area contributed by atoms with Crippen molar-refractivity contribution in [3.8, 4) is 0 Å². The zero-order chi connectivity index (χ0) is 21.2. The summed E-state index contributed by atoms with van der Waals surface area (Å²) in [6.45, 7) is 12.4. The number of nitrogens with one attached hydrogen (secondary N) is 1. The molecule has 0 unspecified atom stereocenters. The molecule has 3 rings (SSSR count). The van der Waals surface area contributed by atoms with E-state index in [0.717, 1.165) is 24.3 Å². The summed E-state index contributed by atoms with van der Waals surface area (Å²) >= 11 is 0. The van der Waals surface area contributed by atoms with Crippen LogP contribution in [0.3, 0.4) is 0 Å². The Bertz CT molecular complexity index is 912. The van der Waals surface area contributed by atoms with Crippen LogP contribution in [-0.2, 0) is 9.59 Å². The summed E-state index contributed by atoms with van der Waals surface area (Å²) in [5, 5.41) is 2.89. The second kappa shape index (κ2) is 8.27. The molecule has 1 N–H and O–H groups in total. The molecule has 0 aromatic heterocycles. The lowest BCUT2D eigenvalue weighted by Crippen LogP contribution is -2.54. The monoisotopic (exact) mass is 393 g/mol. The molecule has 5 nitrogen and oxygen atoms in total. The number of carbonyl (C=O) groups excluding carboxylic acids is 2. The van der Waals surface area contributed by atoms with Crippen LogP contribution in [0.15, 0.2) is 42.5 Å². The maximum absolute atomic E-state index is 13.1. The third-order valence-corrected chi connectivity index (χ3v) is 5.86. The number of carbonyl (C=O) groups is 2. The molecule has 0 radical (unpaired) electrons. The van der Waals surface area contributed by atoms with Crippen molar-refractivity contribution < 1.29 is 9.59 Å². The minimum atomic E-state index is -1.12. The largest absolute Gasteiger partial charge is 0.368 e. The van der Waals surface area contributed by atoms with Gasteiger partial charge in [0.25, 0.3) is 0 Å². The molecule has 1 aliphatic heterocycles. The molecule has 1 saturated heterocycles. The van der Waals surface area contributed by atoms with E-state index in [0.29, 0.717) is 13.1 Å². The van der Waals surface area contributed by atoms with Crippen molar-refractivity contribution >= 4 is 23.2 Å². The minimum absolute atomic E-state index is 0.122. The van der Waals surface area contributed by atoms with Gasteiger partial charge in [-0.05, 0) is 69.5 Å². The van der Waals surface area contributed by atoms with Gasteiger partial charge in [0.2, 0.25) is 11.8 Å². The van der Waals surface area contributed by atoms with Gasteiger partial charge in [0.1, 0.15) is 5.41 Å². The van der Waals surface area contributed by atoms with Gasteiger partial charge < -0.3 is 15.1 Å². The Balaban J connectivity index is 1.64. The van der Waals surface area contributed by atoms with E-state index in [-0.39, 0.29) is 11.8 Å². The van der Waals surface area contributed by atoms with E-state index in [2.05, 4.69) is 42.3 Å². The molecule has 0 saturated carbocycles. The summed E-state index contributed by atoms with van der Waals surface area (Å²) in [6, 6.07) is 13.9. The summed E-state index contributed by atoms with van der Waals surface area (Å²) in [4.78, 5) is 30.1. The normalized spacial score (nSPS) is 14.7. The van der Waals surface area contributed by atoms with Gasteiger partial charge in [-0.1, -0.05) is 24.3 Å². The fourth-order valence-corrected chi connectivity index (χ4v) is 3.73. The van der Waals surface area contributed by atoms with E-state index in [1.165, 1.54) is 16.8 Å². The summed E-state index contributed by atoms with van der Waals surface area (Å²) in [5.74, 6) is -0.395. The topological polar surface area (TPSA) is 52.7 Å². The Morgan fingerprint density at radius 2 is 1.59 bits per heavy atom. The molecule has 0 aliphatic carbocycles. The maximum atomic E-state index is 13.1. The van der Waals surface area contributed by atoms with Gasteiger partial charge in [0.15, 0.2) is 0 Å². The van der Waals surface area contributed by atoms with Crippen molar-refractivity contribution in [2.75, 3.05) is 36.4 Å². The highest BCUT2D eigenvalue weighted by Gasteiger charge is 2.40. The molecular formula is C24H31N3O2. The smallest absolute Gasteiger partial charge is 0.239 e. The van der Waals surface area contributed by atoms with Crippen LogP contribution in [0.4, 0.5) is 11.4 Å². The number of anilines is 2. The molecule has 0 bridgehead atoms. The third-order valence-electron chi connectivity index (χ3n) is 5.86. The number of nitrogens with zero attached hydrogens (tertiary/aromatic N) is 2. The number of piperazine rings is 1. The second-order valence-corrected chi connectivity index (χ2v) is 8.45. The maximum Gasteiger partial charge on any atom is 0.239 e. The van der Waals surface area contributed by atoms with Crippen LogP contribution < -0.4 is 10.2 Å². The van der Waals surface area contributed by atoms with E-state index in [9.17, 15) is 9.59 Å². The van der Waals surface area contributed by atoms with Crippen LogP contribution in [0.5, 0.6) is 0 Å². The Morgan fingerprint density at radius 3 is 2.24 bits per heavy atom. The van der Waals surface area contributed by atoms with Gasteiger partial charge >= 0.3 is 0 Å². The van der Waals surface area contributed by atoms with Gasteiger partial charge in [-0.2, -0.15) is 0 Å². The number of aryl methyl sites for hydroxylation is 2. The van der Waals surface area contributed by atoms with Crippen LogP contribution in [0.25, 0.3) is 0 Å². The lowest BCUT2D eigenvalue weighted by molar-refractivity contribution is -0.146. The molecular weight excluding hydrogens is 362 g/mol. The van der Waals surface area contributed by atoms with Gasteiger partial charge in [0, 0.05) is 37.6 Å². The summed E-state index contributed by atoms with van der Waals surface area (Å²) < 4.78 is 0. The Labute approximate surface area is 173 Å². The van der Waals surface area contributed by atoms with Crippen LogP contribution in [0, 0.1) is 26.2 Å². The summed E-state index contributed by atoms with van der Waals surface area (Å²) in [6.07, 6.45) is 0. The second-order valence-electron chi connectivity index (χ2n) is 8.45. The molecule has 2 aromatic carbocycles. The lowest BCUT2D eigenvalue weighted by atomic mass is 9.89. The summed E-state index contributed by atoms with van der Waals surface area (Å²) in [7, 11) is 0. The van der Waals surface area contributed by atoms with E-state index < -0.39 is 5.41 Å². The Morgan fingerprint density at radius 1 is 0.931 bits per heavy atom. The number of amides is 2. The highest BCUT2D eigenvalue weighted by molar-refractivity contribution is 6.09. The van der Waals surface area contributed by atoms with Crippen LogP contribution in [0.1, 0.15) is 30.5 Å². The fourth-order valence-electron chi connectivity index (χ4n) is 3.73. The van der Waals surface area contributed by atoms with E-state index in [1.807, 2.05) is 36.1 Å². The number of rotatable bonds is 4. The number of benzene rings is 2. The average Bonchev–Trinajstić information content (AvgIpc) is 2.69. The number of hydrogen-bond acceptors (Lipinski definition) is 3. The average molecular weight is 394 g/mol. The van der Waals surface area contributed by atoms with Gasteiger partial charge in [-0.15, -0.1) is 0 Å². The standard InChI is InChI=1S/C24H31N3O2/c1-17-8-6-10-20(16-17)25-22(28)24(4,5)23(29)27-14-12-26(13-15-27)21-11-7-9-18(2)19(21)3/h6-11,16H,12-15H2,1-5H3,(H,25,28). The van der Waals surface area contributed by atoms with Crippen molar-refractivity contribution in [1.29, 1.82) is 0 Å². The van der Waals surface area contributed by atoms with Gasteiger partial charge in [-0.25, -0.2) is 0 Å². The predicted octanol–water partition coefficient (Wildman–Crippen LogP) is 3.93. The molecule has 1 aliphatic rings. The molecule has 1 heterocycles. The molecule has 154 valence electrons. The van der Waals surface area contributed by atoms with Crippen molar-refractivity contribution in [3.63, 3.8) is 0 Å². The van der Waals surface area contributed by atoms with Crippen LogP contribution >= 0.6 is 0 Å². The SMILES string of the molecule is Cc1cccc(NC(=O)C(C)(C)C(=O)N2CCN(c3cccc(C)c3C)CC2)c1. The molecule has 0 atom stereocenters. The molecule has 2 amide bonds. The van der Waals surface area contributed by atoms with Crippen LogP contribution in [0.2, 0.25) is 0 Å². The first-order chi connectivity index (χ1) is 13.7. The van der Waals surface area contributed by atoms with Gasteiger partial charge in [0.05, 0.1) is 0 Å². The van der Waals surface area contributed by atoms with E-state index in [1.54, 1.807) is 13.8 Å². The Kier molecular flexibility index (Phi) is 5.96. The van der Waals surface area contributed by atoms with Crippen LogP contribution in [-0.4, -0.2) is 42.9 Å². The molecule has 5 heteroatoms. The zero-order valence-corrected chi connectivity index (χ0v) is 18.1. The number of hydrogen-bond donors (Lipinski definition) is 1. The van der Waals surface area contributed by atoms with Crippen molar-refractivity contribution in [1.82, 2.24) is 4.90 Å². The van der Waals surface area contributed by atoms with Crippen molar-refractivity contribution in [3.05, 3.63) is 59.2 Å². The van der Waals surface area contributed by atoms with Crippen molar-refractivity contribution in [2.45, 2.75) is 34.6 Å². The molecule has 2 aromatic rings. The summed E-state index contributed by atoms with van der Waals surface area (Å²) in [5.41, 5.74) is 4.45. The molecule has 0 spiro atoms. The predicted molar refractivity (Wildman–Crippen MR) is 118 cm³/mol. The fraction of sp³-hybridized carbons (Fsp3) is 0.417. The van der Waals surface area contributed by atoms with E-state index >= 15 is 0 Å². The quantitative estimate of drug-likeness (QED) is 0.801. The highest BCUT2D eigenvalue weighted by atomic mass is 16.2. The first-order valence-corrected chi connectivity index (χ1v) is 10.2. The molecule has 1 fully saturated rings. The molecule has 29 heavy (non-hydrogen) atoms. The first kappa shape index (κ1) is 20.9. The minimum Gasteiger partial charge on any atom is -0.368 e. The Hall–Kier alpha value is -2.82. The lowest BCUT2D eigenvalue weighted by Gasteiger charge is -2.39. The van der Waals surface area contributed by atoms with E-state index in [4.69, 9.17) is 0 Å². The zero-order valence-electron chi connectivity index (χ0n) is 18.1. The first-order valence-electron chi connectivity index (χ1n) is 10.2. The van der Waals surface area contributed by atoms with Crippen molar-refractivity contribution in [2.24, 2.45) is 5.41 Å². The highest BCUT2D eigenvalue weighted by Crippen LogP contribution is 2.26. The third kappa shape index (κ3) is 4.44. The van der Waals surface area contributed by atoms with Gasteiger partial charge in [-0.3, -0.25) is 9.59 Å².